The van der Waals surface area contributed by atoms with Gasteiger partial charge in [-0.1, -0.05) is 0 Å². The second-order valence-corrected chi connectivity index (χ2v) is 4.09. The van der Waals surface area contributed by atoms with E-state index in [-0.39, 0.29) is 12.1 Å². The predicted octanol–water partition coefficient (Wildman–Crippen LogP) is 1.05. The number of ether oxygens (including phenoxy) is 2. The molecule has 5 heteroatoms. The van der Waals surface area contributed by atoms with E-state index in [9.17, 15) is 0 Å². The number of rotatable bonds is 3. The Kier molecular flexibility index (Phi) is 3.24. The van der Waals surface area contributed by atoms with Crippen LogP contribution >= 0.6 is 0 Å². The van der Waals surface area contributed by atoms with Gasteiger partial charge in [-0.25, -0.2) is 4.98 Å². The Bertz CT molecular complexity index is 370. The lowest BCUT2D eigenvalue weighted by atomic mass is 10.2. The van der Waals surface area contributed by atoms with Gasteiger partial charge in [-0.05, 0) is 26.2 Å². The first-order valence-electron chi connectivity index (χ1n) is 5.51. The molecule has 0 radical (unpaired) electrons. The van der Waals surface area contributed by atoms with Crippen molar-refractivity contribution >= 4 is 0 Å². The second-order valence-electron chi connectivity index (χ2n) is 4.09. The molecule has 2 atom stereocenters. The van der Waals surface area contributed by atoms with Crippen molar-refractivity contribution in [2.45, 2.75) is 38.3 Å². The maximum atomic E-state index is 5.92. The number of hydrogen-bond donors (Lipinski definition) is 1. The van der Waals surface area contributed by atoms with E-state index in [1.165, 1.54) is 0 Å². The third-order valence-corrected chi connectivity index (χ3v) is 2.78. The molecule has 5 nitrogen and oxygen atoms in total. The molecule has 1 aliphatic carbocycles. The van der Waals surface area contributed by atoms with Crippen LogP contribution in [0.25, 0.3) is 0 Å². The molecule has 16 heavy (non-hydrogen) atoms. The highest BCUT2D eigenvalue weighted by atomic mass is 16.5. The van der Waals surface area contributed by atoms with E-state index in [1.54, 1.807) is 13.2 Å². The minimum absolute atomic E-state index is 0.0338. The molecule has 1 aromatic heterocycles. The first-order valence-corrected chi connectivity index (χ1v) is 5.51. The minimum Gasteiger partial charge on any atom is -0.481 e. The van der Waals surface area contributed by atoms with Gasteiger partial charge in [-0.15, -0.1) is 0 Å². The van der Waals surface area contributed by atoms with E-state index in [2.05, 4.69) is 9.97 Å². The highest BCUT2D eigenvalue weighted by Gasteiger charge is 2.26. The molecule has 2 rings (SSSR count). The van der Waals surface area contributed by atoms with Gasteiger partial charge in [0.1, 0.15) is 6.10 Å². The van der Waals surface area contributed by atoms with Crippen LogP contribution in [0.3, 0.4) is 0 Å². The van der Waals surface area contributed by atoms with Crippen molar-refractivity contribution in [2.24, 2.45) is 5.73 Å². The molecule has 2 N–H and O–H groups in total. The van der Waals surface area contributed by atoms with Crippen LogP contribution in [-0.4, -0.2) is 29.2 Å². The van der Waals surface area contributed by atoms with Crippen LogP contribution in [0.4, 0.5) is 0 Å². The Labute approximate surface area is 95.0 Å². The van der Waals surface area contributed by atoms with Gasteiger partial charge in [-0.2, -0.15) is 4.98 Å². The highest BCUT2D eigenvalue weighted by molar-refractivity contribution is 5.17. The van der Waals surface area contributed by atoms with Crippen LogP contribution in [0, 0.1) is 6.92 Å². The molecule has 0 aliphatic heterocycles. The second kappa shape index (κ2) is 4.65. The molecule has 0 saturated heterocycles. The van der Waals surface area contributed by atoms with Crippen LogP contribution in [0.1, 0.15) is 25.0 Å². The molecular formula is C11H17N3O2. The first kappa shape index (κ1) is 11.1. The van der Waals surface area contributed by atoms with Crippen LogP contribution in [-0.2, 0) is 0 Å². The summed E-state index contributed by atoms with van der Waals surface area (Å²) in [6.45, 7) is 1.88. The van der Waals surface area contributed by atoms with Gasteiger partial charge in [0.05, 0.1) is 7.11 Å². The van der Waals surface area contributed by atoms with Gasteiger partial charge in [-0.3, -0.25) is 0 Å². The average Bonchev–Trinajstić information content (AvgIpc) is 2.63. The van der Waals surface area contributed by atoms with E-state index in [4.69, 9.17) is 15.2 Å². The van der Waals surface area contributed by atoms with Crippen molar-refractivity contribution in [2.75, 3.05) is 7.11 Å². The Hall–Kier alpha value is -1.36. The minimum atomic E-state index is 0.0338. The van der Waals surface area contributed by atoms with E-state index in [0.717, 1.165) is 25.0 Å². The molecule has 1 aliphatic rings. The maximum absolute atomic E-state index is 5.92. The Morgan fingerprint density at radius 1 is 1.38 bits per heavy atom. The number of nitrogens with zero attached hydrogens (tertiary/aromatic N) is 2. The van der Waals surface area contributed by atoms with Crippen LogP contribution in [0.5, 0.6) is 11.9 Å². The summed E-state index contributed by atoms with van der Waals surface area (Å²) in [7, 11) is 1.58. The quantitative estimate of drug-likeness (QED) is 0.829. The Morgan fingerprint density at radius 2 is 2.19 bits per heavy atom. The third kappa shape index (κ3) is 2.41. The summed E-state index contributed by atoms with van der Waals surface area (Å²) in [5.41, 5.74) is 6.75. The fourth-order valence-electron chi connectivity index (χ4n) is 1.91. The summed E-state index contributed by atoms with van der Waals surface area (Å²) in [6, 6.07) is 2.22. The van der Waals surface area contributed by atoms with Crippen LogP contribution in [0.15, 0.2) is 6.07 Å². The normalized spacial score (nSPS) is 24.4. The van der Waals surface area contributed by atoms with Crippen molar-refractivity contribution in [1.82, 2.24) is 9.97 Å². The maximum Gasteiger partial charge on any atom is 0.320 e. The molecule has 1 aromatic rings. The molecule has 0 amide bonds. The van der Waals surface area contributed by atoms with Crippen molar-refractivity contribution in [3.8, 4) is 11.9 Å². The van der Waals surface area contributed by atoms with Crippen molar-refractivity contribution in [1.29, 1.82) is 0 Å². The SMILES string of the molecule is COc1cc(C)nc(OC2CCCC2N)n1. The Balaban J connectivity index is 2.11. The topological polar surface area (TPSA) is 70.3 Å². The van der Waals surface area contributed by atoms with E-state index in [1.807, 2.05) is 6.92 Å². The standard InChI is InChI=1S/C11H17N3O2/c1-7-6-10(15-2)14-11(13-7)16-9-5-3-4-8(9)12/h6,8-9H,3-5,12H2,1-2H3. The molecule has 1 heterocycles. The van der Waals surface area contributed by atoms with Gasteiger partial charge in [0.25, 0.3) is 0 Å². The number of nitrogens with two attached hydrogens (primary N) is 1. The molecule has 1 fully saturated rings. The van der Waals surface area contributed by atoms with Crippen molar-refractivity contribution in [3.05, 3.63) is 11.8 Å². The van der Waals surface area contributed by atoms with Gasteiger partial charge < -0.3 is 15.2 Å². The van der Waals surface area contributed by atoms with E-state index >= 15 is 0 Å². The zero-order valence-corrected chi connectivity index (χ0v) is 9.64. The average molecular weight is 223 g/mol. The summed E-state index contributed by atoms with van der Waals surface area (Å²) >= 11 is 0. The summed E-state index contributed by atoms with van der Waals surface area (Å²) in [6.07, 6.45) is 3.12. The molecular weight excluding hydrogens is 206 g/mol. The monoisotopic (exact) mass is 223 g/mol. The molecule has 1 saturated carbocycles. The van der Waals surface area contributed by atoms with Crippen LogP contribution in [0.2, 0.25) is 0 Å². The van der Waals surface area contributed by atoms with Crippen LogP contribution < -0.4 is 15.2 Å². The fourth-order valence-corrected chi connectivity index (χ4v) is 1.91. The fraction of sp³-hybridized carbons (Fsp3) is 0.636. The summed E-state index contributed by atoms with van der Waals surface area (Å²) in [5.74, 6) is 0.522. The molecule has 88 valence electrons. The zero-order valence-electron chi connectivity index (χ0n) is 9.64. The molecule has 0 aromatic carbocycles. The highest BCUT2D eigenvalue weighted by Crippen LogP contribution is 2.22. The number of methoxy groups -OCH3 is 1. The predicted molar refractivity (Wildman–Crippen MR) is 59.6 cm³/mol. The number of hydrogen-bond acceptors (Lipinski definition) is 5. The van der Waals surface area contributed by atoms with Gasteiger partial charge >= 0.3 is 6.01 Å². The summed E-state index contributed by atoms with van der Waals surface area (Å²) < 4.78 is 10.7. The summed E-state index contributed by atoms with van der Waals surface area (Å²) in [4.78, 5) is 8.35. The molecule has 0 bridgehead atoms. The smallest absolute Gasteiger partial charge is 0.320 e. The lowest BCUT2D eigenvalue weighted by Gasteiger charge is -2.16. The molecule has 2 unspecified atom stereocenters. The van der Waals surface area contributed by atoms with Crippen molar-refractivity contribution < 1.29 is 9.47 Å². The third-order valence-electron chi connectivity index (χ3n) is 2.78. The number of aryl methyl sites for hydroxylation is 1. The lowest BCUT2D eigenvalue weighted by molar-refractivity contribution is 0.173. The largest absolute Gasteiger partial charge is 0.481 e. The Morgan fingerprint density at radius 3 is 2.81 bits per heavy atom. The first-order chi connectivity index (χ1) is 7.69. The van der Waals surface area contributed by atoms with E-state index < -0.39 is 0 Å². The van der Waals surface area contributed by atoms with Gasteiger partial charge in [0, 0.05) is 17.8 Å². The number of aromatic nitrogens is 2. The van der Waals surface area contributed by atoms with Gasteiger partial charge in [0.15, 0.2) is 0 Å². The van der Waals surface area contributed by atoms with Gasteiger partial charge in [0.2, 0.25) is 5.88 Å². The summed E-state index contributed by atoms with van der Waals surface area (Å²) in [5, 5.41) is 0. The molecule has 0 spiro atoms. The lowest BCUT2D eigenvalue weighted by Crippen LogP contribution is -2.34. The van der Waals surface area contributed by atoms with Crippen molar-refractivity contribution in [3.63, 3.8) is 0 Å². The zero-order chi connectivity index (χ0) is 11.5. The van der Waals surface area contributed by atoms with E-state index in [0.29, 0.717) is 11.9 Å².